The molecule has 2 aliphatic heterocycles. The maximum atomic E-state index is 10.9. The number of hydrogen-bond acceptors (Lipinski definition) is 8. The molecule has 3 aromatic heterocycles. The molecule has 152 valence electrons. The third-order valence-electron chi connectivity index (χ3n) is 5.47. The van der Waals surface area contributed by atoms with Crippen molar-refractivity contribution < 1.29 is 14.6 Å². The molecule has 2 atom stereocenters. The highest BCUT2D eigenvalue weighted by molar-refractivity contribution is 5.97. The van der Waals surface area contributed by atoms with Gasteiger partial charge in [-0.1, -0.05) is 0 Å². The normalized spacial score (nSPS) is 21.6. The van der Waals surface area contributed by atoms with Gasteiger partial charge in [0.05, 0.1) is 42.7 Å². The van der Waals surface area contributed by atoms with E-state index in [2.05, 4.69) is 21.8 Å². The van der Waals surface area contributed by atoms with Crippen LogP contribution in [0.3, 0.4) is 0 Å². The Morgan fingerprint density at radius 2 is 2.10 bits per heavy atom. The number of nitrogens with two attached hydrogens (primary N) is 1. The van der Waals surface area contributed by atoms with Crippen molar-refractivity contribution in [1.82, 2.24) is 19.9 Å². The maximum absolute atomic E-state index is 10.9. The second kappa shape index (κ2) is 6.30. The molecule has 0 bridgehead atoms. The summed E-state index contributed by atoms with van der Waals surface area (Å²) >= 11 is 0. The number of aromatic nitrogens is 4. The SMILES string of the molecule is C[C@@H]1COC[C@H]2COc3c(nc(-c4c(N)cnc5[nH]ccc45)nc3C(C)(C)O)N21. The van der Waals surface area contributed by atoms with Gasteiger partial charge in [0.15, 0.2) is 17.4 Å². The summed E-state index contributed by atoms with van der Waals surface area (Å²) in [5.41, 5.74) is 7.37. The molecule has 9 nitrogen and oxygen atoms in total. The van der Waals surface area contributed by atoms with Crippen LogP contribution in [0.1, 0.15) is 26.5 Å². The Balaban J connectivity index is 1.79. The highest BCUT2D eigenvalue weighted by Crippen LogP contribution is 2.43. The number of nitrogens with zero attached hydrogens (tertiary/aromatic N) is 4. The van der Waals surface area contributed by atoms with Crippen molar-refractivity contribution in [1.29, 1.82) is 0 Å². The summed E-state index contributed by atoms with van der Waals surface area (Å²) in [6.07, 6.45) is 3.40. The summed E-state index contributed by atoms with van der Waals surface area (Å²) in [7, 11) is 0. The van der Waals surface area contributed by atoms with Gasteiger partial charge in [0.1, 0.15) is 23.5 Å². The molecule has 0 radical (unpaired) electrons. The Labute approximate surface area is 167 Å². The van der Waals surface area contributed by atoms with Crippen LogP contribution in [0.5, 0.6) is 5.75 Å². The maximum Gasteiger partial charge on any atom is 0.186 e. The van der Waals surface area contributed by atoms with Crippen molar-refractivity contribution >= 4 is 22.5 Å². The van der Waals surface area contributed by atoms with Crippen molar-refractivity contribution in [2.45, 2.75) is 38.5 Å². The third-order valence-corrected chi connectivity index (χ3v) is 5.47. The van der Waals surface area contributed by atoms with E-state index in [-0.39, 0.29) is 12.1 Å². The lowest BCUT2D eigenvalue weighted by molar-refractivity contribution is 0.0425. The van der Waals surface area contributed by atoms with Crippen molar-refractivity contribution in [2.24, 2.45) is 0 Å². The molecule has 0 spiro atoms. The molecular weight excluding hydrogens is 372 g/mol. The van der Waals surface area contributed by atoms with E-state index >= 15 is 0 Å². The summed E-state index contributed by atoms with van der Waals surface area (Å²) in [6, 6.07) is 2.08. The average molecular weight is 396 g/mol. The largest absolute Gasteiger partial charge is 0.485 e. The first kappa shape index (κ1) is 18.1. The zero-order valence-electron chi connectivity index (χ0n) is 16.6. The second-order valence-corrected chi connectivity index (χ2v) is 8.19. The van der Waals surface area contributed by atoms with Crippen LogP contribution >= 0.6 is 0 Å². The number of morpholine rings is 1. The van der Waals surface area contributed by atoms with Gasteiger partial charge in [0.2, 0.25) is 0 Å². The van der Waals surface area contributed by atoms with E-state index in [1.54, 1.807) is 26.2 Å². The lowest BCUT2D eigenvalue weighted by Gasteiger charge is -2.45. The van der Waals surface area contributed by atoms with Gasteiger partial charge in [-0.15, -0.1) is 0 Å². The first-order valence-electron chi connectivity index (χ1n) is 9.70. The number of H-pyrrole nitrogens is 1. The number of pyridine rings is 1. The monoisotopic (exact) mass is 396 g/mol. The van der Waals surface area contributed by atoms with Gasteiger partial charge in [0.25, 0.3) is 0 Å². The van der Waals surface area contributed by atoms with Crippen LogP contribution in [-0.2, 0) is 10.3 Å². The van der Waals surface area contributed by atoms with Crippen LogP contribution in [0.25, 0.3) is 22.4 Å². The minimum absolute atomic E-state index is 0.0609. The van der Waals surface area contributed by atoms with Crippen LogP contribution < -0.4 is 15.4 Å². The zero-order chi connectivity index (χ0) is 20.3. The lowest BCUT2D eigenvalue weighted by Crippen LogP contribution is -2.56. The molecule has 0 aliphatic carbocycles. The Morgan fingerprint density at radius 1 is 1.28 bits per heavy atom. The molecule has 0 amide bonds. The summed E-state index contributed by atoms with van der Waals surface area (Å²) in [6.45, 7) is 7.12. The fourth-order valence-corrected chi connectivity index (χ4v) is 4.13. The minimum Gasteiger partial charge on any atom is -0.485 e. The van der Waals surface area contributed by atoms with E-state index in [0.29, 0.717) is 59.8 Å². The summed E-state index contributed by atoms with van der Waals surface area (Å²) in [4.78, 5) is 19.2. The van der Waals surface area contributed by atoms with Gasteiger partial charge in [-0.3, -0.25) is 0 Å². The topological polar surface area (TPSA) is 122 Å². The molecule has 0 aromatic carbocycles. The number of nitrogen functional groups attached to an aromatic ring is 1. The zero-order valence-corrected chi connectivity index (χ0v) is 16.6. The highest BCUT2D eigenvalue weighted by atomic mass is 16.5. The Morgan fingerprint density at radius 3 is 2.90 bits per heavy atom. The molecule has 5 rings (SSSR count). The number of anilines is 2. The highest BCUT2D eigenvalue weighted by Gasteiger charge is 2.40. The van der Waals surface area contributed by atoms with E-state index in [1.807, 2.05) is 6.07 Å². The number of aliphatic hydroxyl groups is 1. The van der Waals surface area contributed by atoms with Crippen molar-refractivity contribution in [3.05, 3.63) is 24.2 Å². The molecule has 1 saturated heterocycles. The first-order valence-corrected chi connectivity index (χ1v) is 9.70. The summed E-state index contributed by atoms with van der Waals surface area (Å²) < 4.78 is 11.7. The predicted molar refractivity (Wildman–Crippen MR) is 109 cm³/mol. The molecule has 5 heterocycles. The smallest absolute Gasteiger partial charge is 0.186 e. The molecular formula is C20H24N6O3. The standard InChI is InChI=1S/C20H24N6O3/c1-10-7-28-8-11-9-29-15-16(20(2,3)27)24-18(25-19(15)26(10)11)14-12-4-5-22-17(12)23-6-13(14)21/h4-6,10-11,27H,7-9,21H2,1-3H3,(H,22,23)/t10-,11+/m1/s1. The number of hydrogen-bond donors (Lipinski definition) is 3. The number of ether oxygens (including phenoxy) is 2. The van der Waals surface area contributed by atoms with Gasteiger partial charge in [-0.05, 0) is 26.8 Å². The average Bonchev–Trinajstić information content (AvgIpc) is 3.14. The first-order chi connectivity index (χ1) is 13.8. The summed E-state index contributed by atoms with van der Waals surface area (Å²) in [5.74, 6) is 1.62. The molecule has 1 fully saturated rings. The van der Waals surface area contributed by atoms with Crippen LogP contribution in [0.4, 0.5) is 11.5 Å². The fourth-order valence-electron chi connectivity index (χ4n) is 4.13. The Bertz CT molecular complexity index is 1090. The molecule has 2 aliphatic rings. The second-order valence-electron chi connectivity index (χ2n) is 8.19. The van der Waals surface area contributed by atoms with Crippen molar-refractivity contribution in [2.75, 3.05) is 30.5 Å². The van der Waals surface area contributed by atoms with Gasteiger partial charge >= 0.3 is 0 Å². The van der Waals surface area contributed by atoms with Crippen LogP contribution in [0.15, 0.2) is 18.5 Å². The van der Waals surface area contributed by atoms with Gasteiger partial charge < -0.3 is 30.2 Å². The van der Waals surface area contributed by atoms with Gasteiger partial charge in [-0.25, -0.2) is 15.0 Å². The molecule has 9 heteroatoms. The van der Waals surface area contributed by atoms with Crippen LogP contribution in [-0.4, -0.2) is 56.9 Å². The van der Waals surface area contributed by atoms with E-state index in [1.165, 1.54) is 0 Å². The third kappa shape index (κ3) is 2.80. The van der Waals surface area contributed by atoms with E-state index < -0.39 is 5.60 Å². The number of rotatable bonds is 2. The number of fused-ring (bicyclic) bond motifs is 4. The quantitative estimate of drug-likeness (QED) is 0.599. The molecule has 0 saturated carbocycles. The van der Waals surface area contributed by atoms with Crippen LogP contribution in [0, 0.1) is 0 Å². The lowest BCUT2D eigenvalue weighted by atomic mass is 10.0. The predicted octanol–water partition coefficient (Wildman–Crippen LogP) is 1.82. The van der Waals surface area contributed by atoms with Gasteiger partial charge in [0, 0.05) is 11.6 Å². The minimum atomic E-state index is -1.22. The van der Waals surface area contributed by atoms with Crippen molar-refractivity contribution in [3.63, 3.8) is 0 Å². The van der Waals surface area contributed by atoms with Gasteiger partial charge in [-0.2, -0.15) is 0 Å². The molecule has 29 heavy (non-hydrogen) atoms. The Kier molecular flexibility index (Phi) is 3.94. The van der Waals surface area contributed by atoms with E-state index in [0.717, 1.165) is 5.39 Å². The number of aromatic amines is 1. The summed E-state index contributed by atoms with van der Waals surface area (Å²) in [5, 5.41) is 11.7. The molecule has 0 unspecified atom stereocenters. The number of nitrogens with one attached hydrogen (secondary N) is 1. The van der Waals surface area contributed by atoms with Crippen molar-refractivity contribution in [3.8, 4) is 17.1 Å². The Hall–Kier alpha value is -2.91. The fraction of sp³-hybridized carbons (Fsp3) is 0.450. The molecule has 3 aromatic rings. The molecule has 4 N–H and O–H groups in total. The van der Waals surface area contributed by atoms with Crippen LogP contribution in [0.2, 0.25) is 0 Å². The van der Waals surface area contributed by atoms with E-state index in [4.69, 9.17) is 25.2 Å². The van der Waals surface area contributed by atoms with E-state index in [9.17, 15) is 5.11 Å².